The molecule has 2 rings (SSSR count). The average molecular weight is 350 g/mol. The third-order valence-electron chi connectivity index (χ3n) is 3.60. The summed E-state index contributed by atoms with van der Waals surface area (Å²) < 4.78 is 25.8. The first-order valence-corrected chi connectivity index (χ1v) is 11.5. The lowest BCUT2D eigenvalue weighted by atomic mass is 10.1. The molecule has 130 valence electrons. The number of halogens is 1. The summed E-state index contributed by atoms with van der Waals surface area (Å²) in [6.07, 6.45) is 1.46. The number of hydrogen-bond donors (Lipinski definition) is 0. The molecule has 0 saturated heterocycles. The SMILES string of the molecule is COC(=O)c1ccc(-c2cnn(COCC[Si](C)(C)C)c2F)cc1. The molecular weight excluding hydrogens is 327 g/mol. The molecule has 0 amide bonds. The normalized spacial score (nSPS) is 11.5. The molecule has 1 heterocycles. The highest BCUT2D eigenvalue weighted by molar-refractivity contribution is 6.76. The zero-order chi connectivity index (χ0) is 17.7. The van der Waals surface area contributed by atoms with Crippen LogP contribution in [0, 0.1) is 5.95 Å². The lowest BCUT2D eigenvalue weighted by Gasteiger charge is -2.15. The number of nitrogens with zero attached hydrogens (tertiary/aromatic N) is 2. The van der Waals surface area contributed by atoms with Gasteiger partial charge in [0.1, 0.15) is 6.73 Å². The van der Waals surface area contributed by atoms with Crippen molar-refractivity contribution in [2.24, 2.45) is 0 Å². The Morgan fingerprint density at radius 1 is 1.25 bits per heavy atom. The fourth-order valence-electron chi connectivity index (χ4n) is 2.09. The maximum atomic E-state index is 14.4. The number of hydrogen-bond acceptors (Lipinski definition) is 4. The smallest absolute Gasteiger partial charge is 0.337 e. The number of aromatic nitrogens is 2. The standard InChI is InChI=1S/C17H23FN2O3Si/c1-22-17(21)14-7-5-13(6-8-14)15-11-19-20(16(15)18)12-23-9-10-24(2,3)4/h5-8,11H,9-10,12H2,1-4H3. The third-order valence-corrected chi connectivity index (χ3v) is 5.31. The van der Waals surface area contributed by atoms with Crippen molar-refractivity contribution < 1.29 is 18.7 Å². The van der Waals surface area contributed by atoms with Gasteiger partial charge in [0.25, 0.3) is 0 Å². The minimum absolute atomic E-state index is 0.0938. The number of rotatable bonds is 7. The van der Waals surface area contributed by atoms with E-state index in [9.17, 15) is 9.18 Å². The van der Waals surface area contributed by atoms with Gasteiger partial charge in [0.15, 0.2) is 0 Å². The van der Waals surface area contributed by atoms with Crippen LogP contribution in [-0.2, 0) is 16.2 Å². The van der Waals surface area contributed by atoms with E-state index in [1.807, 2.05) is 0 Å². The molecule has 0 aliphatic rings. The first kappa shape index (κ1) is 18.3. The van der Waals surface area contributed by atoms with Gasteiger partial charge < -0.3 is 9.47 Å². The first-order chi connectivity index (χ1) is 11.3. The van der Waals surface area contributed by atoms with E-state index in [1.165, 1.54) is 18.0 Å². The van der Waals surface area contributed by atoms with Crippen molar-refractivity contribution >= 4 is 14.0 Å². The predicted molar refractivity (Wildman–Crippen MR) is 93.1 cm³/mol. The summed E-state index contributed by atoms with van der Waals surface area (Å²) >= 11 is 0. The molecule has 0 spiro atoms. The maximum absolute atomic E-state index is 14.4. The van der Waals surface area contributed by atoms with Crippen LogP contribution in [0.4, 0.5) is 4.39 Å². The van der Waals surface area contributed by atoms with E-state index in [0.29, 0.717) is 23.3 Å². The third kappa shape index (κ3) is 4.75. The van der Waals surface area contributed by atoms with Crippen LogP contribution in [0.1, 0.15) is 10.4 Å². The predicted octanol–water partition coefficient (Wildman–Crippen LogP) is 3.79. The summed E-state index contributed by atoms with van der Waals surface area (Å²) in [7, 11) is 0.161. The van der Waals surface area contributed by atoms with Gasteiger partial charge in [0.05, 0.1) is 24.4 Å². The van der Waals surface area contributed by atoms with Crippen LogP contribution in [0.2, 0.25) is 25.7 Å². The second-order valence-electron chi connectivity index (χ2n) is 6.77. The van der Waals surface area contributed by atoms with Gasteiger partial charge in [-0.3, -0.25) is 0 Å². The van der Waals surface area contributed by atoms with E-state index in [0.717, 1.165) is 6.04 Å². The molecule has 0 N–H and O–H groups in total. The summed E-state index contributed by atoms with van der Waals surface area (Å²) in [6.45, 7) is 7.50. The van der Waals surface area contributed by atoms with Gasteiger partial charge in [0, 0.05) is 14.7 Å². The Balaban J connectivity index is 2.02. The highest BCUT2D eigenvalue weighted by Crippen LogP contribution is 2.23. The van der Waals surface area contributed by atoms with Crippen LogP contribution in [0.3, 0.4) is 0 Å². The van der Waals surface area contributed by atoms with Crippen molar-refractivity contribution in [2.45, 2.75) is 32.4 Å². The summed E-state index contributed by atoms with van der Waals surface area (Å²) in [5.41, 5.74) is 1.44. The van der Waals surface area contributed by atoms with Gasteiger partial charge in [-0.15, -0.1) is 0 Å². The molecule has 0 unspecified atom stereocenters. The van der Waals surface area contributed by atoms with E-state index in [2.05, 4.69) is 29.5 Å². The monoisotopic (exact) mass is 350 g/mol. The second-order valence-corrected chi connectivity index (χ2v) is 12.4. The molecular formula is C17H23FN2O3Si. The van der Waals surface area contributed by atoms with Gasteiger partial charge in [0.2, 0.25) is 5.95 Å². The van der Waals surface area contributed by atoms with Crippen molar-refractivity contribution in [2.75, 3.05) is 13.7 Å². The fraction of sp³-hybridized carbons (Fsp3) is 0.412. The molecule has 0 saturated carbocycles. The molecule has 7 heteroatoms. The average Bonchev–Trinajstić information content (AvgIpc) is 2.91. The molecule has 0 aliphatic carbocycles. The fourth-order valence-corrected chi connectivity index (χ4v) is 2.84. The molecule has 1 aromatic carbocycles. The molecule has 1 aromatic heterocycles. The van der Waals surface area contributed by atoms with E-state index < -0.39 is 20.0 Å². The molecule has 0 radical (unpaired) electrons. The summed E-state index contributed by atoms with van der Waals surface area (Å²) in [5, 5.41) is 4.04. The van der Waals surface area contributed by atoms with Crippen molar-refractivity contribution in [1.29, 1.82) is 0 Å². The minimum atomic E-state index is -1.16. The van der Waals surface area contributed by atoms with Crippen LogP contribution in [0.5, 0.6) is 0 Å². The van der Waals surface area contributed by atoms with Crippen LogP contribution < -0.4 is 0 Å². The van der Waals surface area contributed by atoms with E-state index >= 15 is 0 Å². The Labute approximate surface area is 142 Å². The van der Waals surface area contributed by atoms with Crippen LogP contribution >= 0.6 is 0 Å². The van der Waals surface area contributed by atoms with Crippen molar-refractivity contribution in [3.05, 3.63) is 42.0 Å². The van der Waals surface area contributed by atoms with Crippen LogP contribution in [0.15, 0.2) is 30.5 Å². The lowest BCUT2D eigenvalue weighted by molar-refractivity contribution is 0.0600. The quantitative estimate of drug-likeness (QED) is 0.433. The van der Waals surface area contributed by atoms with E-state index in [4.69, 9.17) is 4.74 Å². The van der Waals surface area contributed by atoms with Gasteiger partial charge in [-0.25, -0.2) is 9.48 Å². The second kappa shape index (κ2) is 7.72. The number of methoxy groups -OCH3 is 1. The van der Waals surface area contributed by atoms with Crippen molar-refractivity contribution in [3.63, 3.8) is 0 Å². The highest BCUT2D eigenvalue weighted by Gasteiger charge is 2.15. The molecule has 0 fully saturated rings. The Morgan fingerprint density at radius 2 is 1.92 bits per heavy atom. The molecule has 0 bridgehead atoms. The van der Waals surface area contributed by atoms with Crippen molar-refractivity contribution in [3.8, 4) is 11.1 Å². The Bertz CT molecular complexity index is 693. The molecule has 2 aromatic rings. The number of benzene rings is 1. The molecule has 0 aliphatic heterocycles. The minimum Gasteiger partial charge on any atom is -0.465 e. The number of esters is 1. The summed E-state index contributed by atoms with van der Waals surface area (Å²) in [4.78, 5) is 11.4. The lowest BCUT2D eigenvalue weighted by Crippen LogP contribution is -2.22. The first-order valence-electron chi connectivity index (χ1n) is 7.79. The largest absolute Gasteiger partial charge is 0.465 e. The summed E-state index contributed by atoms with van der Waals surface area (Å²) in [6, 6.07) is 7.56. The Hall–Kier alpha value is -1.99. The Kier molecular flexibility index (Phi) is 5.90. The summed E-state index contributed by atoms with van der Waals surface area (Å²) in [5.74, 6) is -0.873. The van der Waals surface area contributed by atoms with Gasteiger partial charge in [-0.2, -0.15) is 9.49 Å². The van der Waals surface area contributed by atoms with Gasteiger partial charge in [-0.1, -0.05) is 31.8 Å². The molecule has 5 nitrogen and oxygen atoms in total. The highest BCUT2D eigenvalue weighted by atomic mass is 28.3. The number of carbonyl (C=O) groups excluding carboxylic acids is 1. The van der Waals surface area contributed by atoms with Crippen LogP contribution in [-0.4, -0.2) is 37.5 Å². The zero-order valence-corrected chi connectivity index (χ0v) is 15.5. The van der Waals surface area contributed by atoms with Gasteiger partial charge in [-0.05, 0) is 23.7 Å². The van der Waals surface area contributed by atoms with Crippen molar-refractivity contribution in [1.82, 2.24) is 9.78 Å². The Morgan fingerprint density at radius 3 is 2.50 bits per heavy atom. The maximum Gasteiger partial charge on any atom is 0.337 e. The topological polar surface area (TPSA) is 53.3 Å². The molecule has 0 atom stereocenters. The van der Waals surface area contributed by atoms with Gasteiger partial charge >= 0.3 is 5.97 Å². The van der Waals surface area contributed by atoms with E-state index in [-0.39, 0.29) is 6.73 Å². The van der Waals surface area contributed by atoms with Crippen LogP contribution in [0.25, 0.3) is 11.1 Å². The number of ether oxygens (including phenoxy) is 2. The van der Waals surface area contributed by atoms with E-state index in [1.54, 1.807) is 24.3 Å². The number of carbonyl (C=O) groups is 1. The molecule has 24 heavy (non-hydrogen) atoms. The zero-order valence-electron chi connectivity index (χ0n) is 14.5.